The summed E-state index contributed by atoms with van der Waals surface area (Å²) in [4.78, 5) is 7.03. The summed E-state index contributed by atoms with van der Waals surface area (Å²) in [6.07, 6.45) is 4.54. The number of hydrogen-bond donors (Lipinski definition) is 1. The number of aromatic nitrogens is 1. The molecule has 4 heteroatoms. The number of thiophene rings is 1. The van der Waals surface area contributed by atoms with E-state index in [9.17, 15) is 0 Å². The average molecular weight is 273 g/mol. The van der Waals surface area contributed by atoms with Gasteiger partial charge >= 0.3 is 0 Å². The number of pyridine rings is 1. The van der Waals surface area contributed by atoms with Gasteiger partial charge in [0.15, 0.2) is 0 Å². The van der Waals surface area contributed by atoms with E-state index in [1.165, 1.54) is 18.4 Å². The third kappa shape index (κ3) is 3.33. The van der Waals surface area contributed by atoms with E-state index in [4.69, 9.17) is 0 Å². The molecule has 0 atom stereocenters. The van der Waals surface area contributed by atoms with E-state index in [0.717, 1.165) is 30.5 Å². The highest BCUT2D eigenvalue weighted by atomic mass is 32.1. The Labute approximate surface area is 118 Å². The molecule has 3 nitrogen and oxygen atoms in total. The molecule has 19 heavy (non-hydrogen) atoms. The Bertz CT molecular complexity index is 520. The molecule has 0 aromatic carbocycles. The van der Waals surface area contributed by atoms with Crippen molar-refractivity contribution in [3.8, 4) is 0 Å². The van der Waals surface area contributed by atoms with Gasteiger partial charge in [-0.25, -0.2) is 0 Å². The minimum absolute atomic E-state index is 0.750. The molecular weight excluding hydrogens is 254 g/mol. The van der Waals surface area contributed by atoms with Gasteiger partial charge in [0.25, 0.3) is 0 Å². The van der Waals surface area contributed by atoms with Crippen LogP contribution in [0, 0.1) is 0 Å². The number of nitrogens with zero attached hydrogens (tertiary/aromatic N) is 2. The molecule has 0 unspecified atom stereocenters. The lowest BCUT2D eigenvalue weighted by Crippen LogP contribution is -2.25. The molecule has 0 saturated heterocycles. The summed E-state index contributed by atoms with van der Waals surface area (Å²) in [6.45, 7) is 1.98. The van der Waals surface area contributed by atoms with Gasteiger partial charge in [0.1, 0.15) is 0 Å². The smallest absolute Gasteiger partial charge is 0.0564 e. The third-order valence-electron chi connectivity index (χ3n) is 3.50. The number of anilines is 1. The summed E-state index contributed by atoms with van der Waals surface area (Å²) >= 11 is 1.77. The fraction of sp³-hybridized carbons (Fsp3) is 0.400. The predicted octanol–water partition coefficient (Wildman–Crippen LogP) is 3.35. The first-order chi connectivity index (χ1) is 9.35. The van der Waals surface area contributed by atoms with Gasteiger partial charge in [-0.15, -0.1) is 0 Å². The Kier molecular flexibility index (Phi) is 3.80. The van der Waals surface area contributed by atoms with Crippen molar-refractivity contribution in [1.82, 2.24) is 9.88 Å². The standard InChI is InChI=1S/C15H19N3S/c1-16-13-4-6-17-14(8-13)10-18(15-2-3-15)9-12-5-7-19-11-12/h4-8,11,15H,2-3,9-10H2,1H3,(H,16,17). The predicted molar refractivity (Wildman–Crippen MR) is 80.4 cm³/mol. The third-order valence-corrected chi connectivity index (χ3v) is 4.23. The van der Waals surface area contributed by atoms with Crippen LogP contribution in [0.25, 0.3) is 0 Å². The van der Waals surface area contributed by atoms with Crippen LogP contribution in [0.15, 0.2) is 35.2 Å². The molecule has 3 rings (SSSR count). The minimum Gasteiger partial charge on any atom is -0.388 e. The summed E-state index contributed by atoms with van der Waals surface area (Å²) in [6, 6.07) is 7.12. The first-order valence-electron chi connectivity index (χ1n) is 6.73. The Morgan fingerprint density at radius 3 is 2.95 bits per heavy atom. The molecule has 100 valence electrons. The van der Waals surface area contributed by atoms with Gasteiger partial charge in [-0.1, -0.05) is 0 Å². The van der Waals surface area contributed by atoms with Crippen LogP contribution >= 0.6 is 11.3 Å². The van der Waals surface area contributed by atoms with Gasteiger partial charge in [-0.3, -0.25) is 9.88 Å². The zero-order valence-electron chi connectivity index (χ0n) is 11.2. The van der Waals surface area contributed by atoms with Crippen molar-refractivity contribution >= 4 is 17.0 Å². The number of rotatable bonds is 6. The van der Waals surface area contributed by atoms with Crippen LogP contribution in [0.4, 0.5) is 5.69 Å². The molecule has 1 aliphatic rings. The van der Waals surface area contributed by atoms with Crippen LogP contribution in [0.3, 0.4) is 0 Å². The van der Waals surface area contributed by atoms with Crippen molar-refractivity contribution in [3.63, 3.8) is 0 Å². The van der Waals surface area contributed by atoms with Crippen LogP contribution in [-0.4, -0.2) is 23.0 Å². The second-order valence-electron chi connectivity index (χ2n) is 5.05. The second kappa shape index (κ2) is 5.72. The lowest BCUT2D eigenvalue weighted by molar-refractivity contribution is 0.243. The Balaban J connectivity index is 1.70. The van der Waals surface area contributed by atoms with Gasteiger partial charge < -0.3 is 5.32 Å². The normalized spacial score (nSPS) is 14.8. The van der Waals surface area contributed by atoms with E-state index < -0.39 is 0 Å². The quantitative estimate of drug-likeness (QED) is 0.875. The molecule has 2 heterocycles. The minimum atomic E-state index is 0.750. The average Bonchev–Trinajstić information content (AvgIpc) is 3.17. The molecule has 0 bridgehead atoms. The molecular formula is C15H19N3S. The van der Waals surface area contributed by atoms with Crippen molar-refractivity contribution in [1.29, 1.82) is 0 Å². The van der Waals surface area contributed by atoms with Crippen molar-refractivity contribution < 1.29 is 0 Å². The van der Waals surface area contributed by atoms with E-state index in [1.54, 1.807) is 11.3 Å². The van der Waals surface area contributed by atoms with Gasteiger partial charge in [0, 0.05) is 38.1 Å². The summed E-state index contributed by atoms with van der Waals surface area (Å²) in [5.74, 6) is 0. The van der Waals surface area contributed by atoms with Crippen molar-refractivity contribution in [2.45, 2.75) is 32.0 Å². The monoisotopic (exact) mass is 273 g/mol. The largest absolute Gasteiger partial charge is 0.388 e. The van der Waals surface area contributed by atoms with Crippen LogP contribution in [0.5, 0.6) is 0 Å². The maximum Gasteiger partial charge on any atom is 0.0564 e. The zero-order valence-corrected chi connectivity index (χ0v) is 12.0. The van der Waals surface area contributed by atoms with E-state index in [-0.39, 0.29) is 0 Å². The fourth-order valence-corrected chi connectivity index (χ4v) is 2.96. The maximum atomic E-state index is 4.49. The molecule has 2 aromatic rings. The first kappa shape index (κ1) is 12.6. The maximum absolute atomic E-state index is 4.49. The van der Waals surface area contributed by atoms with Gasteiger partial charge in [-0.05, 0) is 47.4 Å². The van der Waals surface area contributed by atoms with Crippen LogP contribution < -0.4 is 5.32 Å². The molecule has 2 aromatic heterocycles. The summed E-state index contributed by atoms with van der Waals surface area (Å²) in [5, 5.41) is 7.57. The van der Waals surface area contributed by atoms with E-state index in [0.29, 0.717) is 0 Å². The molecule has 0 aliphatic heterocycles. The molecule has 0 radical (unpaired) electrons. The Morgan fingerprint density at radius 1 is 1.37 bits per heavy atom. The van der Waals surface area contributed by atoms with Crippen molar-refractivity contribution in [3.05, 3.63) is 46.4 Å². The molecule has 1 aliphatic carbocycles. The summed E-state index contributed by atoms with van der Waals surface area (Å²) in [5.41, 5.74) is 3.70. The molecule has 1 saturated carbocycles. The molecule has 1 N–H and O–H groups in total. The van der Waals surface area contributed by atoms with Crippen molar-refractivity contribution in [2.24, 2.45) is 0 Å². The lowest BCUT2D eigenvalue weighted by Gasteiger charge is -2.21. The number of nitrogens with one attached hydrogen (secondary N) is 1. The van der Waals surface area contributed by atoms with Crippen LogP contribution in [0.2, 0.25) is 0 Å². The lowest BCUT2D eigenvalue weighted by atomic mass is 10.2. The van der Waals surface area contributed by atoms with E-state index >= 15 is 0 Å². The van der Waals surface area contributed by atoms with Crippen LogP contribution in [-0.2, 0) is 13.1 Å². The van der Waals surface area contributed by atoms with Gasteiger partial charge in [0.05, 0.1) is 5.69 Å². The highest BCUT2D eigenvalue weighted by Crippen LogP contribution is 2.30. The number of hydrogen-bond acceptors (Lipinski definition) is 4. The highest BCUT2D eigenvalue weighted by Gasteiger charge is 2.29. The topological polar surface area (TPSA) is 28.2 Å². The molecule has 1 fully saturated rings. The highest BCUT2D eigenvalue weighted by molar-refractivity contribution is 7.07. The van der Waals surface area contributed by atoms with E-state index in [1.807, 2.05) is 19.3 Å². The van der Waals surface area contributed by atoms with E-state index in [2.05, 4.69) is 38.1 Å². The summed E-state index contributed by atoms with van der Waals surface area (Å²) in [7, 11) is 1.95. The SMILES string of the molecule is CNc1ccnc(CN(Cc2ccsc2)C2CC2)c1. The van der Waals surface area contributed by atoms with Gasteiger partial charge in [-0.2, -0.15) is 11.3 Å². The second-order valence-corrected chi connectivity index (χ2v) is 5.83. The molecule has 0 amide bonds. The molecule has 0 spiro atoms. The van der Waals surface area contributed by atoms with Gasteiger partial charge in [0.2, 0.25) is 0 Å². The van der Waals surface area contributed by atoms with Crippen molar-refractivity contribution in [2.75, 3.05) is 12.4 Å². The Hall–Kier alpha value is -1.39. The zero-order chi connectivity index (χ0) is 13.1. The summed E-state index contributed by atoms with van der Waals surface area (Å²) < 4.78 is 0. The van der Waals surface area contributed by atoms with Crippen LogP contribution in [0.1, 0.15) is 24.1 Å². The fourth-order valence-electron chi connectivity index (χ4n) is 2.30. The Morgan fingerprint density at radius 2 is 2.26 bits per heavy atom. The first-order valence-corrected chi connectivity index (χ1v) is 7.67.